The lowest BCUT2D eigenvalue weighted by Crippen LogP contribution is -2.48. The first-order valence-corrected chi connectivity index (χ1v) is 6.72. The molecule has 3 nitrogen and oxygen atoms in total. The van der Waals surface area contributed by atoms with Crippen molar-refractivity contribution in [3.05, 3.63) is 0 Å². The number of carbonyl (C=O) groups excluding carboxylic acids is 1. The minimum absolute atomic E-state index is 0.0585. The summed E-state index contributed by atoms with van der Waals surface area (Å²) in [5.74, 6) is 0.748. The molecule has 0 radical (unpaired) electrons. The summed E-state index contributed by atoms with van der Waals surface area (Å²) in [7, 11) is 0. The molecule has 0 aromatic rings. The van der Waals surface area contributed by atoms with Gasteiger partial charge in [0.25, 0.3) is 0 Å². The molecule has 1 saturated carbocycles. The number of ketones is 1. The maximum atomic E-state index is 12.3. The number of fused-ring (bicyclic) bond motifs is 1. The largest absolute Gasteiger partial charge is 0.306 e. The molecule has 2 unspecified atom stereocenters. The average Bonchev–Trinajstić information content (AvgIpc) is 2.60. The topological polar surface area (TPSA) is 41.5 Å². The normalized spacial score (nSPS) is 31.8. The molecule has 4 heteroatoms. The van der Waals surface area contributed by atoms with Crippen LogP contribution < -0.4 is 5.43 Å². The Morgan fingerprint density at radius 2 is 2.18 bits per heavy atom. The van der Waals surface area contributed by atoms with Gasteiger partial charge in [0.1, 0.15) is 5.78 Å². The maximum absolute atomic E-state index is 12.3. The van der Waals surface area contributed by atoms with E-state index < -0.39 is 0 Å². The first kappa shape index (κ1) is 12.9. The summed E-state index contributed by atoms with van der Waals surface area (Å²) in [6.07, 6.45) is 1.64. The number of carbonyl (C=O) groups is 1. The van der Waals surface area contributed by atoms with Gasteiger partial charge < -0.3 is 5.43 Å². The highest BCUT2D eigenvalue weighted by Gasteiger charge is 2.49. The Balaban J connectivity index is 2.25. The zero-order valence-corrected chi connectivity index (χ0v) is 11.8. The molecule has 2 rings (SSSR count). The van der Waals surface area contributed by atoms with Crippen molar-refractivity contribution in [2.45, 2.75) is 46.6 Å². The number of hydrazone groups is 1. The molecule has 1 aliphatic heterocycles. The molecule has 1 heterocycles. The molecular formula is C13H21ClN2O. The second-order valence-corrected chi connectivity index (χ2v) is 7.01. The SMILES string of the molecule is CC1(C)CC(=O)C2C(C(C)(C)CCl)=NNC2C1. The molecule has 1 N–H and O–H groups in total. The van der Waals surface area contributed by atoms with Crippen LogP contribution in [0.15, 0.2) is 5.10 Å². The van der Waals surface area contributed by atoms with Crippen LogP contribution in [-0.4, -0.2) is 23.4 Å². The summed E-state index contributed by atoms with van der Waals surface area (Å²) in [6.45, 7) is 8.40. The van der Waals surface area contributed by atoms with Crippen LogP contribution in [0.4, 0.5) is 0 Å². The third-order valence-electron chi connectivity index (χ3n) is 3.85. The van der Waals surface area contributed by atoms with Gasteiger partial charge in [-0.2, -0.15) is 5.10 Å². The lowest BCUT2D eigenvalue weighted by atomic mass is 9.66. The highest BCUT2D eigenvalue weighted by molar-refractivity contribution is 6.21. The number of nitrogens with one attached hydrogen (secondary N) is 1. The fraction of sp³-hybridized carbons (Fsp3) is 0.846. The van der Waals surface area contributed by atoms with Crippen molar-refractivity contribution < 1.29 is 4.79 Å². The second kappa shape index (κ2) is 3.98. The fourth-order valence-electron chi connectivity index (χ4n) is 2.92. The predicted molar refractivity (Wildman–Crippen MR) is 70.4 cm³/mol. The van der Waals surface area contributed by atoms with E-state index in [4.69, 9.17) is 11.6 Å². The Morgan fingerprint density at radius 1 is 1.53 bits per heavy atom. The number of halogens is 1. The lowest BCUT2D eigenvalue weighted by molar-refractivity contribution is -0.126. The van der Waals surface area contributed by atoms with Crippen molar-refractivity contribution in [2.24, 2.45) is 21.8 Å². The Labute approximate surface area is 108 Å². The van der Waals surface area contributed by atoms with E-state index in [1.54, 1.807) is 0 Å². The van der Waals surface area contributed by atoms with Crippen molar-refractivity contribution in [2.75, 3.05) is 5.88 Å². The molecule has 2 atom stereocenters. The van der Waals surface area contributed by atoms with Crippen LogP contribution in [-0.2, 0) is 4.79 Å². The average molecular weight is 257 g/mol. The molecule has 1 aliphatic carbocycles. The molecule has 0 aromatic carbocycles. The Bertz CT molecular complexity index is 374. The molecule has 0 bridgehead atoms. The highest BCUT2D eigenvalue weighted by Crippen LogP contribution is 2.41. The summed E-state index contributed by atoms with van der Waals surface area (Å²) < 4.78 is 0. The van der Waals surface area contributed by atoms with Crippen molar-refractivity contribution >= 4 is 23.1 Å². The summed E-state index contributed by atoms with van der Waals surface area (Å²) in [5.41, 5.74) is 3.97. The standard InChI is InChI=1S/C13H21ClN2O/c1-12(2)5-8-10(9(17)6-12)11(16-15-8)13(3,4)7-14/h8,10,15H,5-7H2,1-4H3. The molecule has 0 aromatic heterocycles. The Kier molecular flexibility index (Phi) is 3.01. The quantitative estimate of drug-likeness (QED) is 0.772. The summed E-state index contributed by atoms with van der Waals surface area (Å²) in [4.78, 5) is 12.3. The number of hydrogen-bond donors (Lipinski definition) is 1. The van der Waals surface area contributed by atoms with E-state index in [-0.39, 0.29) is 22.8 Å². The van der Waals surface area contributed by atoms with Gasteiger partial charge in [-0.3, -0.25) is 4.79 Å². The van der Waals surface area contributed by atoms with Crippen molar-refractivity contribution in [1.82, 2.24) is 5.43 Å². The van der Waals surface area contributed by atoms with Crippen LogP contribution in [0, 0.1) is 16.7 Å². The summed E-state index contributed by atoms with van der Waals surface area (Å²) >= 11 is 5.99. The number of nitrogens with zero attached hydrogens (tertiary/aromatic N) is 1. The van der Waals surface area contributed by atoms with Crippen LogP contribution >= 0.6 is 11.6 Å². The zero-order valence-electron chi connectivity index (χ0n) is 11.0. The third-order valence-corrected chi connectivity index (χ3v) is 4.52. The smallest absolute Gasteiger partial charge is 0.144 e. The Morgan fingerprint density at radius 3 is 2.76 bits per heavy atom. The van der Waals surface area contributed by atoms with Crippen LogP contribution in [0.1, 0.15) is 40.5 Å². The van der Waals surface area contributed by atoms with Crippen molar-refractivity contribution in [3.8, 4) is 0 Å². The second-order valence-electron chi connectivity index (χ2n) is 6.74. The van der Waals surface area contributed by atoms with E-state index in [0.29, 0.717) is 18.1 Å². The van der Waals surface area contributed by atoms with Gasteiger partial charge in [0, 0.05) is 17.7 Å². The summed E-state index contributed by atoms with van der Waals surface area (Å²) in [5, 5.41) is 4.40. The van der Waals surface area contributed by atoms with Gasteiger partial charge in [-0.15, -0.1) is 11.6 Å². The molecule has 0 spiro atoms. The van der Waals surface area contributed by atoms with Gasteiger partial charge in [-0.05, 0) is 11.8 Å². The summed E-state index contributed by atoms with van der Waals surface area (Å²) in [6, 6.07) is 0.170. The van der Waals surface area contributed by atoms with E-state index >= 15 is 0 Å². The zero-order chi connectivity index (χ0) is 12.8. The van der Waals surface area contributed by atoms with E-state index in [0.717, 1.165) is 12.1 Å². The van der Waals surface area contributed by atoms with Crippen LogP contribution in [0.25, 0.3) is 0 Å². The Hall–Kier alpha value is -0.570. The monoisotopic (exact) mass is 256 g/mol. The first-order valence-electron chi connectivity index (χ1n) is 6.19. The lowest BCUT2D eigenvalue weighted by Gasteiger charge is -2.38. The van der Waals surface area contributed by atoms with Crippen molar-refractivity contribution in [1.29, 1.82) is 0 Å². The minimum Gasteiger partial charge on any atom is -0.306 e. The molecule has 2 aliphatic rings. The number of alkyl halides is 1. The molecule has 0 amide bonds. The van der Waals surface area contributed by atoms with Crippen molar-refractivity contribution in [3.63, 3.8) is 0 Å². The molecule has 0 saturated heterocycles. The molecular weight excluding hydrogens is 236 g/mol. The third kappa shape index (κ3) is 2.22. The van der Waals surface area contributed by atoms with Gasteiger partial charge in [0.2, 0.25) is 0 Å². The number of Topliss-reactive ketones (excluding diaryl/α,β-unsaturated/α-hetero) is 1. The molecule has 96 valence electrons. The number of hydrogen-bond acceptors (Lipinski definition) is 3. The van der Waals surface area contributed by atoms with E-state index in [2.05, 4.69) is 38.2 Å². The van der Waals surface area contributed by atoms with Gasteiger partial charge in [0.15, 0.2) is 0 Å². The van der Waals surface area contributed by atoms with E-state index in [1.807, 2.05) is 0 Å². The minimum atomic E-state index is -0.203. The number of rotatable bonds is 2. The molecule has 17 heavy (non-hydrogen) atoms. The van der Waals surface area contributed by atoms with Crippen LogP contribution in [0.5, 0.6) is 0 Å². The van der Waals surface area contributed by atoms with Gasteiger partial charge in [-0.25, -0.2) is 0 Å². The first-order chi connectivity index (χ1) is 7.77. The van der Waals surface area contributed by atoms with E-state index in [9.17, 15) is 4.79 Å². The van der Waals surface area contributed by atoms with Crippen LogP contribution in [0.2, 0.25) is 0 Å². The molecule has 1 fully saturated rings. The van der Waals surface area contributed by atoms with Crippen LogP contribution in [0.3, 0.4) is 0 Å². The predicted octanol–water partition coefficient (Wildman–Crippen LogP) is 2.58. The fourth-order valence-corrected chi connectivity index (χ4v) is 3.05. The van der Waals surface area contributed by atoms with Gasteiger partial charge in [0.05, 0.1) is 17.7 Å². The van der Waals surface area contributed by atoms with E-state index in [1.165, 1.54) is 0 Å². The van der Waals surface area contributed by atoms with Gasteiger partial charge in [-0.1, -0.05) is 27.7 Å². The highest BCUT2D eigenvalue weighted by atomic mass is 35.5. The maximum Gasteiger partial charge on any atom is 0.144 e. The van der Waals surface area contributed by atoms with Gasteiger partial charge >= 0.3 is 0 Å².